The third kappa shape index (κ3) is 11.8. The average molecular weight is 215 g/mol. The first-order chi connectivity index (χ1) is 7.31. The summed E-state index contributed by atoms with van der Waals surface area (Å²) in [4.78, 5) is 2.46. The Morgan fingerprint density at radius 1 is 0.867 bits per heavy atom. The third-order valence-corrected chi connectivity index (χ3v) is 2.78. The minimum absolute atomic E-state index is 0.923. The zero-order valence-corrected chi connectivity index (χ0v) is 10.9. The van der Waals surface area contributed by atoms with E-state index in [1.807, 2.05) is 0 Å². The summed E-state index contributed by atoms with van der Waals surface area (Å²) in [5.41, 5.74) is 0. The first kappa shape index (κ1) is 14.9. The Balaban J connectivity index is 3.06. The van der Waals surface area contributed by atoms with E-state index >= 15 is 0 Å². The number of ether oxygens (including phenoxy) is 1. The molecule has 2 nitrogen and oxygen atoms in total. The van der Waals surface area contributed by atoms with Crippen LogP contribution in [0.25, 0.3) is 0 Å². The van der Waals surface area contributed by atoms with Crippen LogP contribution in [-0.2, 0) is 4.74 Å². The van der Waals surface area contributed by atoms with Gasteiger partial charge in [-0.25, -0.2) is 0 Å². The third-order valence-electron chi connectivity index (χ3n) is 2.78. The van der Waals surface area contributed by atoms with Crippen molar-refractivity contribution in [2.24, 2.45) is 0 Å². The van der Waals surface area contributed by atoms with E-state index in [2.05, 4.69) is 18.9 Å². The van der Waals surface area contributed by atoms with Gasteiger partial charge < -0.3 is 9.64 Å². The molecule has 0 unspecified atom stereocenters. The first-order valence-electron chi connectivity index (χ1n) is 6.48. The molecule has 0 heterocycles. The Hall–Kier alpha value is -0.0800. The van der Waals surface area contributed by atoms with Gasteiger partial charge >= 0.3 is 0 Å². The highest BCUT2D eigenvalue weighted by Gasteiger charge is 1.97. The molecular weight excluding hydrogens is 186 g/mol. The highest BCUT2D eigenvalue weighted by Crippen LogP contribution is 2.02. The highest BCUT2D eigenvalue weighted by molar-refractivity contribution is 4.52. The fourth-order valence-electron chi connectivity index (χ4n) is 1.73. The average Bonchev–Trinajstić information content (AvgIpc) is 2.23. The second-order valence-corrected chi connectivity index (χ2v) is 4.42. The van der Waals surface area contributed by atoms with Crippen LogP contribution in [-0.4, -0.2) is 38.8 Å². The van der Waals surface area contributed by atoms with Gasteiger partial charge in [0.2, 0.25) is 0 Å². The van der Waals surface area contributed by atoms with Crippen LogP contribution in [0.2, 0.25) is 0 Å². The zero-order chi connectivity index (χ0) is 11.4. The molecule has 0 aliphatic rings. The predicted molar refractivity (Wildman–Crippen MR) is 67.4 cm³/mol. The molecule has 0 radical (unpaired) electrons. The predicted octanol–water partition coefficient (Wildman–Crippen LogP) is 3.32. The van der Waals surface area contributed by atoms with Crippen molar-refractivity contribution < 1.29 is 4.74 Å². The standard InChI is InChI=1S/C13H29NO/c1-4-5-8-11-14(2)12-9-6-7-10-13-15-3/h4-13H2,1-3H3. The lowest BCUT2D eigenvalue weighted by Gasteiger charge is -2.15. The van der Waals surface area contributed by atoms with Gasteiger partial charge in [0, 0.05) is 13.7 Å². The summed E-state index contributed by atoms with van der Waals surface area (Å²) in [7, 11) is 4.02. The molecule has 0 saturated carbocycles. The van der Waals surface area contributed by atoms with Gasteiger partial charge in [-0.05, 0) is 39.4 Å². The van der Waals surface area contributed by atoms with Gasteiger partial charge in [0.1, 0.15) is 0 Å². The van der Waals surface area contributed by atoms with Crippen LogP contribution < -0.4 is 0 Å². The monoisotopic (exact) mass is 215 g/mol. The maximum absolute atomic E-state index is 5.02. The molecule has 0 aliphatic carbocycles. The van der Waals surface area contributed by atoms with Crippen molar-refractivity contribution >= 4 is 0 Å². The number of methoxy groups -OCH3 is 1. The molecule has 0 N–H and O–H groups in total. The van der Waals surface area contributed by atoms with Crippen LogP contribution >= 0.6 is 0 Å². The van der Waals surface area contributed by atoms with Crippen molar-refractivity contribution in [1.29, 1.82) is 0 Å². The quantitative estimate of drug-likeness (QED) is 0.490. The van der Waals surface area contributed by atoms with Crippen molar-refractivity contribution in [1.82, 2.24) is 4.90 Å². The van der Waals surface area contributed by atoms with Crippen molar-refractivity contribution in [2.75, 3.05) is 33.9 Å². The van der Waals surface area contributed by atoms with Crippen LogP contribution in [0, 0.1) is 0 Å². The lowest BCUT2D eigenvalue weighted by molar-refractivity contribution is 0.191. The van der Waals surface area contributed by atoms with E-state index in [0.29, 0.717) is 0 Å². The number of unbranched alkanes of at least 4 members (excludes halogenated alkanes) is 5. The maximum Gasteiger partial charge on any atom is 0.0462 e. The molecule has 0 bridgehead atoms. The molecule has 92 valence electrons. The normalized spacial score (nSPS) is 11.2. The smallest absolute Gasteiger partial charge is 0.0462 e. The summed E-state index contributed by atoms with van der Waals surface area (Å²) in [6.07, 6.45) is 9.28. The van der Waals surface area contributed by atoms with E-state index < -0.39 is 0 Å². The van der Waals surface area contributed by atoms with E-state index in [9.17, 15) is 0 Å². The maximum atomic E-state index is 5.02. The Morgan fingerprint density at radius 3 is 2.07 bits per heavy atom. The minimum atomic E-state index is 0.923. The minimum Gasteiger partial charge on any atom is -0.385 e. The number of hydrogen-bond donors (Lipinski definition) is 0. The molecule has 15 heavy (non-hydrogen) atoms. The van der Waals surface area contributed by atoms with Crippen LogP contribution in [0.15, 0.2) is 0 Å². The van der Waals surface area contributed by atoms with Crippen LogP contribution in [0.5, 0.6) is 0 Å². The molecule has 0 amide bonds. The van der Waals surface area contributed by atoms with E-state index in [1.165, 1.54) is 58.0 Å². The van der Waals surface area contributed by atoms with Crippen LogP contribution in [0.3, 0.4) is 0 Å². The largest absolute Gasteiger partial charge is 0.385 e. The fourth-order valence-corrected chi connectivity index (χ4v) is 1.73. The molecule has 0 rings (SSSR count). The van der Waals surface area contributed by atoms with E-state index in [0.717, 1.165) is 6.61 Å². The molecule has 0 aromatic carbocycles. The SMILES string of the molecule is CCCCCN(C)CCCCCCOC. The Bertz CT molecular complexity index is 117. The van der Waals surface area contributed by atoms with Gasteiger partial charge in [-0.3, -0.25) is 0 Å². The van der Waals surface area contributed by atoms with Crippen LogP contribution in [0.1, 0.15) is 51.9 Å². The van der Waals surface area contributed by atoms with Crippen molar-refractivity contribution in [2.45, 2.75) is 51.9 Å². The molecule has 0 aromatic rings. The number of nitrogens with zero attached hydrogens (tertiary/aromatic N) is 1. The van der Waals surface area contributed by atoms with Gasteiger partial charge in [0.25, 0.3) is 0 Å². The Labute approximate surface area is 96.0 Å². The van der Waals surface area contributed by atoms with Gasteiger partial charge in [-0.15, -0.1) is 0 Å². The van der Waals surface area contributed by atoms with Crippen molar-refractivity contribution in [3.8, 4) is 0 Å². The van der Waals surface area contributed by atoms with E-state index in [1.54, 1.807) is 7.11 Å². The lowest BCUT2D eigenvalue weighted by Crippen LogP contribution is -2.20. The van der Waals surface area contributed by atoms with Gasteiger partial charge in [-0.1, -0.05) is 32.6 Å². The van der Waals surface area contributed by atoms with Crippen LogP contribution in [0.4, 0.5) is 0 Å². The number of rotatable bonds is 11. The van der Waals surface area contributed by atoms with Gasteiger partial charge in [0.15, 0.2) is 0 Å². The Kier molecular flexibility index (Phi) is 11.9. The summed E-state index contributed by atoms with van der Waals surface area (Å²) in [6.45, 7) is 5.71. The summed E-state index contributed by atoms with van der Waals surface area (Å²) in [5, 5.41) is 0. The molecule has 0 atom stereocenters. The lowest BCUT2D eigenvalue weighted by atomic mass is 10.2. The van der Waals surface area contributed by atoms with E-state index in [4.69, 9.17) is 4.74 Å². The second kappa shape index (κ2) is 12.0. The molecular formula is C13H29NO. The molecule has 0 saturated heterocycles. The molecule has 0 aromatic heterocycles. The number of hydrogen-bond acceptors (Lipinski definition) is 2. The fraction of sp³-hybridized carbons (Fsp3) is 1.00. The molecule has 0 spiro atoms. The summed E-state index contributed by atoms with van der Waals surface area (Å²) >= 11 is 0. The summed E-state index contributed by atoms with van der Waals surface area (Å²) < 4.78 is 5.02. The van der Waals surface area contributed by atoms with Crippen molar-refractivity contribution in [3.05, 3.63) is 0 Å². The zero-order valence-electron chi connectivity index (χ0n) is 10.9. The van der Waals surface area contributed by atoms with Crippen molar-refractivity contribution in [3.63, 3.8) is 0 Å². The summed E-state index contributed by atoms with van der Waals surface area (Å²) in [6, 6.07) is 0. The molecule has 0 fully saturated rings. The topological polar surface area (TPSA) is 12.5 Å². The highest BCUT2D eigenvalue weighted by atomic mass is 16.5. The first-order valence-corrected chi connectivity index (χ1v) is 6.48. The van der Waals surface area contributed by atoms with Gasteiger partial charge in [0.05, 0.1) is 0 Å². The molecule has 2 heteroatoms. The van der Waals surface area contributed by atoms with E-state index in [-0.39, 0.29) is 0 Å². The second-order valence-electron chi connectivity index (χ2n) is 4.42. The summed E-state index contributed by atoms with van der Waals surface area (Å²) in [5.74, 6) is 0. The Morgan fingerprint density at radius 2 is 1.47 bits per heavy atom. The molecule has 0 aliphatic heterocycles. The van der Waals surface area contributed by atoms with Gasteiger partial charge in [-0.2, -0.15) is 0 Å².